The van der Waals surface area contributed by atoms with Gasteiger partial charge in [0.25, 0.3) is 0 Å². The predicted molar refractivity (Wildman–Crippen MR) is 131 cm³/mol. The number of aliphatic imine (C=N–C) groups is 1. The minimum absolute atomic E-state index is 0.0681. The third-order valence-corrected chi connectivity index (χ3v) is 6.50. The van der Waals surface area contributed by atoms with Gasteiger partial charge in [0, 0.05) is 13.3 Å². The predicted octanol–water partition coefficient (Wildman–Crippen LogP) is 3.94. The third-order valence-electron chi connectivity index (χ3n) is 5.14. The Hall–Kier alpha value is -2.32. The number of amides is 1. The van der Waals surface area contributed by atoms with Crippen LogP contribution in [0, 0.1) is 5.82 Å². The van der Waals surface area contributed by atoms with E-state index in [1.165, 1.54) is 12.1 Å². The highest BCUT2D eigenvalue weighted by molar-refractivity contribution is 7.90. The first-order valence-corrected chi connectivity index (χ1v) is 12.6. The lowest BCUT2D eigenvalue weighted by molar-refractivity contribution is -0.118. The standard InChI is InChI=1S/C24H36FN3O3S/c1-7-11-19(17-26-6)22-15-20(25)14-21(18(4)5)23(22)16-24(29)27-32(30,31)13-10-12-28(8-2)9-3/h7,11,14-15,17-18H,1,8-10,12-13,16H2,2-6H3,(H,27,29)/b19-11+,26-17-. The summed E-state index contributed by atoms with van der Waals surface area (Å²) in [7, 11) is -2.17. The first kappa shape index (κ1) is 27.7. The molecule has 8 heteroatoms. The number of hydrogen-bond acceptors (Lipinski definition) is 5. The van der Waals surface area contributed by atoms with Crippen LogP contribution in [0.25, 0.3) is 5.57 Å². The second kappa shape index (κ2) is 13.3. The summed E-state index contributed by atoms with van der Waals surface area (Å²) in [6.07, 6.45) is 5.04. The maximum Gasteiger partial charge on any atom is 0.237 e. The lowest BCUT2D eigenvalue weighted by Gasteiger charge is -2.19. The van der Waals surface area contributed by atoms with Crippen LogP contribution in [0.15, 0.2) is 35.9 Å². The van der Waals surface area contributed by atoms with Gasteiger partial charge in [-0.15, -0.1) is 0 Å². The largest absolute Gasteiger partial charge is 0.304 e. The number of nitrogens with zero attached hydrogens (tertiary/aromatic N) is 2. The van der Waals surface area contributed by atoms with Gasteiger partial charge >= 0.3 is 0 Å². The van der Waals surface area contributed by atoms with Crippen LogP contribution in [0.4, 0.5) is 4.39 Å². The molecule has 0 aliphatic heterocycles. The molecule has 1 amide bonds. The first-order chi connectivity index (χ1) is 15.1. The summed E-state index contributed by atoms with van der Waals surface area (Å²) < 4.78 is 41.4. The fourth-order valence-electron chi connectivity index (χ4n) is 3.54. The van der Waals surface area contributed by atoms with Crippen LogP contribution in [-0.2, 0) is 21.2 Å². The molecule has 0 spiro atoms. The molecule has 0 aliphatic carbocycles. The Morgan fingerprint density at radius 2 is 1.94 bits per heavy atom. The number of hydrogen-bond donors (Lipinski definition) is 1. The van der Waals surface area contributed by atoms with Crippen molar-refractivity contribution in [1.82, 2.24) is 9.62 Å². The minimum Gasteiger partial charge on any atom is -0.304 e. The van der Waals surface area contributed by atoms with E-state index in [1.54, 1.807) is 25.4 Å². The van der Waals surface area contributed by atoms with E-state index < -0.39 is 21.7 Å². The zero-order valence-electron chi connectivity index (χ0n) is 19.8. The van der Waals surface area contributed by atoms with Crippen molar-refractivity contribution >= 4 is 27.7 Å². The Morgan fingerprint density at radius 1 is 1.28 bits per heavy atom. The Bertz CT molecular complexity index is 949. The molecule has 0 radical (unpaired) electrons. The Labute approximate surface area is 192 Å². The minimum atomic E-state index is -3.77. The molecule has 0 bridgehead atoms. The zero-order valence-corrected chi connectivity index (χ0v) is 20.6. The summed E-state index contributed by atoms with van der Waals surface area (Å²) in [5, 5.41) is 0. The van der Waals surface area contributed by atoms with Gasteiger partial charge in [0.15, 0.2) is 0 Å². The fourth-order valence-corrected chi connectivity index (χ4v) is 4.57. The van der Waals surface area contributed by atoms with Crippen molar-refractivity contribution in [3.63, 3.8) is 0 Å². The summed E-state index contributed by atoms with van der Waals surface area (Å²) in [5.74, 6) is -1.28. The molecule has 32 heavy (non-hydrogen) atoms. The molecule has 6 nitrogen and oxygen atoms in total. The van der Waals surface area contributed by atoms with Crippen LogP contribution in [0.1, 0.15) is 56.7 Å². The van der Waals surface area contributed by atoms with Crippen molar-refractivity contribution in [2.75, 3.05) is 32.4 Å². The van der Waals surface area contributed by atoms with Gasteiger partial charge in [0.1, 0.15) is 5.82 Å². The van der Waals surface area contributed by atoms with E-state index in [0.29, 0.717) is 35.2 Å². The Morgan fingerprint density at radius 3 is 2.47 bits per heavy atom. The summed E-state index contributed by atoms with van der Waals surface area (Å²) in [5.41, 5.74) is 2.31. The van der Waals surface area contributed by atoms with E-state index in [9.17, 15) is 17.6 Å². The van der Waals surface area contributed by atoms with Crippen LogP contribution in [0.3, 0.4) is 0 Å². The molecule has 1 aromatic carbocycles. The van der Waals surface area contributed by atoms with E-state index >= 15 is 0 Å². The van der Waals surface area contributed by atoms with Gasteiger partial charge in [-0.2, -0.15) is 0 Å². The van der Waals surface area contributed by atoms with E-state index in [4.69, 9.17) is 0 Å². The van der Waals surface area contributed by atoms with Gasteiger partial charge in [-0.05, 0) is 66.4 Å². The summed E-state index contributed by atoms with van der Waals surface area (Å²) in [6.45, 7) is 13.9. The quantitative estimate of drug-likeness (QED) is 0.354. The number of halogens is 1. The lowest BCUT2D eigenvalue weighted by Crippen LogP contribution is -2.35. The Balaban J connectivity index is 3.17. The number of carbonyl (C=O) groups is 1. The highest BCUT2D eigenvalue weighted by atomic mass is 32.2. The number of allylic oxidation sites excluding steroid dienone is 3. The molecular formula is C24H36FN3O3S. The molecule has 0 aromatic heterocycles. The van der Waals surface area contributed by atoms with Gasteiger partial charge in [-0.3, -0.25) is 14.5 Å². The van der Waals surface area contributed by atoms with Gasteiger partial charge in [-0.1, -0.05) is 46.4 Å². The van der Waals surface area contributed by atoms with Gasteiger partial charge in [0.05, 0.1) is 12.2 Å². The second-order valence-electron chi connectivity index (χ2n) is 7.82. The van der Waals surface area contributed by atoms with E-state index in [-0.39, 0.29) is 18.1 Å². The average molecular weight is 466 g/mol. The molecule has 1 aromatic rings. The second-order valence-corrected chi connectivity index (χ2v) is 9.66. The number of rotatable bonds is 13. The van der Waals surface area contributed by atoms with Crippen LogP contribution >= 0.6 is 0 Å². The van der Waals surface area contributed by atoms with Crippen molar-refractivity contribution in [2.24, 2.45) is 4.99 Å². The number of sulfonamides is 1. The highest BCUT2D eigenvalue weighted by Gasteiger charge is 2.21. The molecule has 0 fully saturated rings. The monoisotopic (exact) mass is 465 g/mol. The molecule has 0 saturated heterocycles. The highest BCUT2D eigenvalue weighted by Crippen LogP contribution is 2.29. The van der Waals surface area contributed by atoms with Crippen molar-refractivity contribution in [3.8, 4) is 0 Å². The van der Waals surface area contributed by atoms with Gasteiger partial charge in [-0.25, -0.2) is 12.8 Å². The van der Waals surface area contributed by atoms with E-state index in [0.717, 1.165) is 13.1 Å². The third kappa shape index (κ3) is 8.67. The van der Waals surface area contributed by atoms with Crippen molar-refractivity contribution in [3.05, 3.63) is 53.4 Å². The van der Waals surface area contributed by atoms with Crippen LogP contribution in [-0.4, -0.2) is 57.9 Å². The lowest BCUT2D eigenvalue weighted by atomic mass is 9.88. The molecule has 0 atom stereocenters. The number of carbonyl (C=O) groups excluding carboxylic acids is 1. The zero-order chi connectivity index (χ0) is 24.3. The molecule has 1 rings (SSSR count). The van der Waals surface area contributed by atoms with Gasteiger partial charge < -0.3 is 4.90 Å². The fraction of sp³-hybridized carbons (Fsp3) is 0.500. The first-order valence-electron chi connectivity index (χ1n) is 10.9. The molecule has 0 unspecified atom stereocenters. The summed E-state index contributed by atoms with van der Waals surface area (Å²) in [6, 6.07) is 2.73. The molecule has 0 saturated carbocycles. The topological polar surface area (TPSA) is 78.8 Å². The average Bonchev–Trinajstić information content (AvgIpc) is 2.71. The van der Waals surface area contributed by atoms with Gasteiger partial charge in [0.2, 0.25) is 15.9 Å². The molecule has 1 N–H and O–H groups in total. The maximum absolute atomic E-state index is 14.4. The maximum atomic E-state index is 14.4. The number of nitrogens with one attached hydrogen (secondary N) is 1. The molecule has 0 heterocycles. The molecule has 0 aliphatic rings. The van der Waals surface area contributed by atoms with Crippen LogP contribution in [0.2, 0.25) is 0 Å². The molecular weight excluding hydrogens is 429 g/mol. The summed E-state index contributed by atoms with van der Waals surface area (Å²) in [4.78, 5) is 18.9. The SMILES string of the molecule is C=C/C=C(\C=N/C)c1cc(F)cc(C(C)C)c1CC(=O)NS(=O)(=O)CCCN(CC)CC. The van der Waals surface area contributed by atoms with Crippen molar-refractivity contribution < 1.29 is 17.6 Å². The van der Waals surface area contributed by atoms with E-state index in [2.05, 4.69) is 21.2 Å². The molecule has 178 valence electrons. The Kier molecular flexibility index (Phi) is 11.5. The normalized spacial score (nSPS) is 12.7. The van der Waals surface area contributed by atoms with E-state index in [1.807, 2.05) is 27.7 Å². The van der Waals surface area contributed by atoms with Crippen LogP contribution in [0.5, 0.6) is 0 Å². The van der Waals surface area contributed by atoms with Crippen molar-refractivity contribution in [1.29, 1.82) is 0 Å². The van der Waals surface area contributed by atoms with Crippen molar-refractivity contribution in [2.45, 2.75) is 46.5 Å². The smallest absolute Gasteiger partial charge is 0.237 e. The number of benzene rings is 1. The van der Waals surface area contributed by atoms with Crippen LogP contribution < -0.4 is 4.72 Å². The summed E-state index contributed by atoms with van der Waals surface area (Å²) >= 11 is 0.